The zero-order valence-electron chi connectivity index (χ0n) is 36.7. The average molecular weight is 865 g/mol. The van der Waals surface area contributed by atoms with Gasteiger partial charge in [0.1, 0.15) is 22.8 Å². The summed E-state index contributed by atoms with van der Waals surface area (Å²) in [6.07, 6.45) is 5.84. The number of hydrogen-bond donors (Lipinski definition) is 3. The van der Waals surface area contributed by atoms with Crippen LogP contribution in [-0.4, -0.2) is 70.2 Å². The van der Waals surface area contributed by atoms with E-state index in [0.29, 0.717) is 18.4 Å². The highest BCUT2D eigenvalue weighted by Crippen LogP contribution is 2.43. The second kappa shape index (κ2) is 22.5. The summed E-state index contributed by atoms with van der Waals surface area (Å²) >= 11 is 0. The maximum Gasteiger partial charge on any atom is 0.162 e. The fraction of sp³-hybridized carbons (Fsp3) is 0.339. The Bertz CT molecular complexity index is 2200. The van der Waals surface area contributed by atoms with Gasteiger partial charge >= 0.3 is 0 Å². The van der Waals surface area contributed by atoms with Gasteiger partial charge in [-0.1, -0.05) is 133 Å². The highest BCUT2D eigenvalue weighted by atomic mass is 19.1. The molecule has 8 rings (SSSR count). The fourth-order valence-corrected chi connectivity index (χ4v) is 9.80. The van der Waals surface area contributed by atoms with Gasteiger partial charge in [0.2, 0.25) is 0 Å². The van der Waals surface area contributed by atoms with Gasteiger partial charge < -0.3 is 25.1 Å². The van der Waals surface area contributed by atoms with Crippen molar-refractivity contribution in [3.8, 4) is 0 Å². The van der Waals surface area contributed by atoms with E-state index < -0.39 is 17.3 Å². The molecule has 0 amide bonds. The van der Waals surface area contributed by atoms with Crippen molar-refractivity contribution in [3.05, 3.63) is 215 Å². The number of ketones is 1. The second-order valence-electron chi connectivity index (χ2n) is 17.5. The minimum absolute atomic E-state index is 0.0578. The number of hydrogen-bond acceptors (Lipinski definition) is 6. The van der Waals surface area contributed by atoms with Crippen molar-refractivity contribution in [3.63, 3.8) is 0 Å². The average Bonchev–Trinajstić information content (AvgIpc) is 3.35. The molecular formula is C56H62F2N2O4. The first kappa shape index (κ1) is 46.6. The van der Waals surface area contributed by atoms with E-state index in [-0.39, 0.29) is 29.3 Å². The maximum atomic E-state index is 13.1. The summed E-state index contributed by atoms with van der Waals surface area (Å²) in [5.74, 6) is -0.273. The number of likely N-dealkylation sites (tertiary alicyclic amines) is 2. The van der Waals surface area contributed by atoms with Crippen molar-refractivity contribution in [1.82, 2.24) is 9.80 Å². The number of carbonyl (C=O) groups is 1. The predicted molar refractivity (Wildman–Crippen MR) is 251 cm³/mol. The van der Waals surface area contributed by atoms with Crippen LogP contribution in [0.15, 0.2) is 170 Å². The van der Waals surface area contributed by atoms with E-state index in [1.54, 1.807) is 24.3 Å². The number of aliphatic hydroxyl groups is 3. The molecule has 0 aliphatic carbocycles. The first-order valence-electron chi connectivity index (χ1n) is 23.0. The lowest BCUT2D eigenvalue weighted by Gasteiger charge is -2.42. The minimum Gasteiger partial charge on any atom is -0.388 e. The van der Waals surface area contributed by atoms with Crippen molar-refractivity contribution in [2.75, 3.05) is 39.3 Å². The summed E-state index contributed by atoms with van der Waals surface area (Å²) < 4.78 is 26.1. The van der Waals surface area contributed by atoms with Crippen LogP contribution in [0.2, 0.25) is 0 Å². The van der Waals surface area contributed by atoms with Crippen LogP contribution >= 0.6 is 0 Å². The van der Waals surface area contributed by atoms with Gasteiger partial charge in [0.05, 0.1) is 6.10 Å². The summed E-state index contributed by atoms with van der Waals surface area (Å²) in [4.78, 5) is 17.1. The molecule has 0 radical (unpaired) electrons. The molecule has 6 nitrogen and oxygen atoms in total. The molecule has 2 fully saturated rings. The Morgan fingerprint density at radius 3 is 1.23 bits per heavy atom. The summed E-state index contributed by atoms with van der Waals surface area (Å²) in [7, 11) is 0. The molecule has 1 atom stereocenters. The van der Waals surface area contributed by atoms with Gasteiger partial charge in [-0.2, -0.15) is 0 Å². The molecule has 334 valence electrons. The molecule has 3 N–H and O–H groups in total. The molecular weight excluding hydrogens is 803 g/mol. The molecule has 0 aromatic heterocycles. The van der Waals surface area contributed by atoms with E-state index in [4.69, 9.17) is 0 Å². The number of Topliss-reactive ketones (excluding diaryl/α,β-unsaturated/α-hetero) is 1. The number of piperidine rings is 2. The molecule has 8 heteroatoms. The summed E-state index contributed by atoms with van der Waals surface area (Å²) in [6.45, 7) is 5.43. The van der Waals surface area contributed by atoms with Crippen LogP contribution in [0.1, 0.15) is 95.6 Å². The van der Waals surface area contributed by atoms with Crippen LogP contribution in [0, 0.1) is 23.5 Å². The highest BCUT2D eigenvalue weighted by Gasteiger charge is 2.42. The Hall–Kier alpha value is -5.35. The maximum absolute atomic E-state index is 13.1. The first-order chi connectivity index (χ1) is 31.1. The van der Waals surface area contributed by atoms with Crippen LogP contribution in [0.4, 0.5) is 8.78 Å². The number of rotatable bonds is 16. The Balaban J connectivity index is 0.000000191. The Morgan fingerprint density at radius 2 is 0.859 bits per heavy atom. The lowest BCUT2D eigenvalue weighted by molar-refractivity contribution is -0.0147. The number of benzene rings is 6. The molecule has 6 aromatic rings. The Labute approximate surface area is 377 Å². The van der Waals surface area contributed by atoms with E-state index in [2.05, 4.69) is 9.80 Å². The first-order valence-corrected chi connectivity index (χ1v) is 23.0. The summed E-state index contributed by atoms with van der Waals surface area (Å²) in [6, 6.07) is 51.8. The number of nitrogens with zero attached hydrogens (tertiary/aromatic N) is 2. The van der Waals surface area contributed by atoms with Crippen molar-refractivity contribution < 1.29 is 28.9 Å². The van der Waals surface area contributed by atoms with Gasteiger partial charge in [0, 0.05) is 12.0 Å². The largest absolute Gasteiger partial charge is 0.388 e. The van der Waals surface area contributed by atoms with Gasteiger partial charge in [-0.3, -0.25) is 4.79 Å². The minimum atomic E-state index is -1.01. The van der Waals surface area contributed by atoms with Crippen LogP contribution in [0.5, 0.6) is 0 Å². The molecule has 1 unspecified atom stereocenters. The third-order valence-electron chi connectivity index (χ3n) is 13.5. The quantitative estimate of drug-likeness (QED) is 0.0841. The van der Waals surface area contributed by atoms with Crippen molar-refractivity contribution in [2.24, 2.45) is 11.8 Å². The topological polar surface area (TPSA) is 84.2 Å². The predicted octanol–water partition coefficient (Wildman–Crippen LogP) is 10.7. The molecule has 2 aliphatic rings. The molecule has 0 saturated carbocycles. The molecule has 2 aliphatic heterocycles. The van der Waals surface area contributed by atoms with Gasteiger partial charge in [-0.15, -0.1) is 0 Å². The van der Waals surface area contributed by atoms with E-state index in [0.717, 1.165) is 106 Å². The molecule has 64 heavy (non-hydrogen) atoms. The monoisotopic (exact) mass is 864 g/mol. The molecule has 2 heterocycles. The van der Waals surface area contributed by atoms with E-state index in [1.807, 2.05) is 121 Å². The SMILES string of the molecule is O=C(CCCN1CCC(C(O)(c2ccccc2)c2ccccc2)CC1)c1ccc(F)cc1.OC(CCCN1CCC(C(O)(c2ccccc2)c2ccccc2)CC1)c1ccc(F)cc1. The van der Waals surface area contributed by atoms with Crippen LogP contribution < -0.4 is 0 Å². The zero-order valence-corrected chi connectivity index (χ0v) is 36.7. The van der Waals surface area contributed by atoms with Crippen LogP contribution in [0.25, 0.3) is 0 Å². The normalized spacial score (nSPS) is 16.1. The van der Waals surface area contributed by atoms with Gasteiger partial charge in [0.25, 0.3) is 0 Å². The van der Waals surface area contributed by atoms with E-state index >= 15 is 0 Å². The number of halogens is 2. The van der Waals surface area contributed by atoms with Gasteiger partial charge in [-0.05, 0) is 160 Å². The van der Waals surface area contributed by atoms with E-state index in [9.17, 15) is 28.9 Å². The number of carbonyl (C=O) groups excluding carboxylic acids is 1. The Morgan fingerprint density at radius 1 is 0.516 bits per heavy atom. The van der Waals surface area contributed by atoms with Crippen LogP contribution in [-0.2, 0) is 11.2 Å². The smallest absolute Gasteiger partial charge is 0.162 e. The molecule has 0 bridgehead atoms. The fourth-order valence-electron chi connectivity index (χ4n) is 9.80. The summed E-state index contributed by atoms with van der Waals surface area (Å²) in [5.41, 5.74) is 3.12. The van der Waals surface area contributed by atoms with Gasteiger partial charge in [0.15, 0.2) is 5.78 Å². The molecule has 6 aromatic carbocycles. The Kier molecular flexibility index (Phi) is 16.4. The second-order valence-corrected chi connectivity index (χ2v) is 17.5. The third kappa shape index (κ3) is 11.7. The summed E-state index contributed by atoms with van der Waals surface area (Å²) in [5, 5.41) is 34.3. The van der Waals surface area contributed by atoms with E-state index in [1.165, 1.54) is 24.3 Å². The molecule has 2 saturated heterocycles. The lowest BCUT2D eigenvalue weighted by atomic mass is 9.72. The standard InChI is InChI=1S/C28H32FNO2.C28H30FNO2/c2*29-26-15-13-22(14-16-26)27(31)12-7-19-30-20-17-25(18-21-30)28(32,23-8-3-1-4-9-23)24-10-5-2-6-11-24/h1-6,8-11,13-16,25,27,31-32H,7,12,17-21H2;1-6,8-11,13-16,25,32H,7,12,17-21H2. The van der Waals surface area contributed by atoms with Crippen molar-refractivity contribution in [1.29, 1.82) is 0 Å². The third-order valence-corrected chi connectivity index (χ3v) is 13.5. The van der Waals surface area contributed by atoms with Crippen molar-refractivity contribution >= 4 is 5.78 Å². The van der Waals surface area contributed by atoms with Crippen molar-refractivity contribution in [2.45, 2.75) is 68.7 Å². The van der Waals surface area contributed by atoms with Crippen LogP contribution in [0.3, 0.4) is 0 Å². The van der Waals surface area contributed by atoms with Gasteiger partial charge in [-0.25, -0.2) is 8.78 Å². The molecule has 0 spiro atoms. The number of aliphatic hydroxyl groups excluding tert-OH is 1. The lowest BCUT2D eigenvalue weighted by Crippen LogP contribution is -2.44. The highest BCUT2D eigenvalue weighted by molar-refractivity contribution is 5.95. The zero-order chi connectivity index (χ0) is 44.8.